The number of anilines is 1. The predicted molar refractivity (Wildman–Crippen MR) is 175 cm³/mol. The summed E-state index contributed by atoms with van der Waals surface area (Å²) in [5.41, 5.74) is 0.558. The Hall–Kier alpha value is -3.80. The van der Waals surface area contributed by atoms with Gasteiger partial charge in [-0.25, -0.2) is 31.1 Å². The maximum Gasteiger partial charge on any atom is 0.397 e. The number of amidine groups is 1. The van der Waals surface area contributed by atoms with Gasteiger partial charge in [0.2, 0.25) is 5.84 Å². The van der Waals surface area contributed by atoms with Crippen molar-refractivity contribution in [2.75, 3.05) is 29.4 Å². The Labute approximate surface area is 298 Å². The largest absolute Gasteiger partial charge is 0.504 e. The number of hydrogen-bond acceptors (Lipinski definition) is 18. The monoisotopic (exact) mass is 834 g/mol. The van der Waals surface area contributed by atoms with E-state index in [0.29, 0.717) is 24.2 Å². The molecule has 6 N–H and O–H groups in total. The zero-order valence-electron chi connectivity index (χ0n) is 24.9. The van der Waals surface area contributed by atoms with Gasteiger partial charge < -0.3 is 10.2 Å². The molecule has 0 bridgehead atoms. The van der Waals surface area contributed by atoms with E-state index in [1.165, 1.54) is 18.2 Å². The van der Waals surface area contributed by atoms with Gasteiger partial charge in [-0.2, -0.15) is 21.9 Å². The Balaban J connectivity index is 2.20. The fourth-order valence-corrected chi connectivity index (χ4v) is 7.91. The number of aromatic carboxylic acids is 1. The zero-order chi connectivity index (χ0) is 38.2. The van der Waals surface area contributed by atoms with Crippen LogP contribution in [0.1, 0.15) is 15.9 Å². The number of hydrogen-bond donors (Lipinski definition) is 6. The second kappa shape index (κ2) is 17.1. The first kappa shape index (κ1) is 41.6. The number of halogens is 1. The third-order valence-electron chi connectivity index (χ3n) is 5.98. The number of sulfone groups is 2. The number of carbonyl (C=O) groups is 1. The van der Waals surface area contributed by atoms with Crippen LogP contribution in [0.25, 0.3) is 0 Å². The number of rotatable bonds is 17. The molecule has 27 heteroatoms. The molecule has 0 amide bonds. The first-order chi connectivity index (χ1) is 23.7. The Morgan fingerprint density at radius 3 is 2.10 bits per heavy atom. The fourth-order valence-electron chi connectivity index (χ4n) is 3.68. The van der Waals surface area contributed by atoms with Crippen LogP contribution in [0.3, 0.4) is 0 Å². The van der Waals surface area contributed by atoms with Gasteiger partial charge >= 0.3 is 16.4 Å². The van der Waals surface area contributed by atoms with Gasteiger partial charge in [0, 0.05) is 16.3 Å². The number of azo groups is 1. The summed E-state index contributed by atoms with van der Waals surface area (Å²) in [7, 11) is -18.9. The molecule has 0 saturated carbocycles. The van der Waals surface area contributed by atoms with E-state index in [-0.39, 0.29) is 26.9 Å². The van der Waals surface area contributed by atoms with Crippen LogP contribution >= 0.6 is 23.6 Å². The van der Waals surface area contributed by atoms with Crippen LogP contribution in [0.15, 0.2) is 89.5 Å². The molecule has 0 fully saturated rings. The second-order valence-electron chi connectivity index (χ2n) is 9.35. The SMILES string of the molecule is O=C(O)c1ccc(SOOO)cc1N=NC(=NNc1cc(S(=O)(=O)CCOS(=O)(=O)O)cc(S(=O)(=O)O)c1O)c1ccc(S(=O)(=O)CCCl)cc1. The number of aromatic hydroxyl groups is 1. The van der Waals surface area contributed by atoms with E-state index in [2.05, 4.69) is 34.3 Å². The quantitative estimate of drug-likeness (QED) is 0.0131. The van der Waals surface area contributed by atoms with E-state index in [4.69, 9.17) is 21.4 Å². The van der Waals surface area contributed by atoms with Crippen molar-refractivity contribution in [1.82, 2.24) is 0 Å². The Bertz CT molecular complexity index is 2280. The van der Waals surface area contributed by atoms with Crippen LogP contribution in [-0.2, 0) is 53.7 Å². The van der Waals surface area contributed by atoms with Crippen molar-refractivity contribution in [3.63, 3.8) is 0 Å². The molecular weight excluding hydrogens is 812 g/mol. The Kier molecular flexibility index (Phi) is 14.0. The average Bonchev–Trinajstić information content (AvgIpc) is 3.03. The molecule has 3 rings (SSSR count). The molecule has 278 valence electrons. The van der Waals surface area contributed by atoms with Gasteiger partial charge in [0.15, 0.2) is 25.4 Å². The summed E-state index contributed by atoms with van der Waals surface area (Å²) in [5.74, 6) is -5.04. The molecule has 21 nitrogen and oxygen atoms in total. The molecule has 0 spiro atoms. The minimum atomic E-state index is -5.34. The Morgan fingerprint density at radius 2 is 1.53 bits per heavy atom. The van der Waals surface area contributed by atoms with Gasteiger partial charge in [0.05, 0.1) is 45.5 Å². The van der Waals surface area contributed by atoms with Crippen molar-refractivity contribution in [3.05, 3.63) is 65.7 Å². The topological polar surface area (TPSA) is 332 Å². The molecule has 3 aromatic rings. The van der Waals surface area contributed by atoms with E-state index in [0.717, 1.165) is 24.3 Å². The first-order valence-electron chi connectivity index (χ1n) is 13.0. The summed E-state index contributed by atoms with van der Waals surface area (Å²) in [6, 6.07) is 9.06. The molecule has 0 heterocycles. The maximum atomic E-state index is 12.9. The fraction of sp³-hybridized carbons (Fsp3) is 0.167. The summed E-state index contributed by atoms with van der Waals surface area (Å²) in [6.07, 6.45) is 0. The van der Waals surface area contributed by atoms with E-state index in [1.54, 1.807) is 0 Å². The summed E-state index contributed by atoms with van der Waals surface area (Å²) < 4.78 is 123. The van der Waals surface area contributed by atoms with Gasteiger partial charge in [-0.3, -0.25) is 14.5 Å². The highest BCUT2D eigenvalue weighted by Crippen LogP contribution is 2.35. The Morgan fingerprint density at radius 1 is 0.882 bits per heavy atom. The van der Waals surface area contributed by atoms with Crippen molar-refractivity contribution in [2.24, 2.45) is 15.3 Å². The van der Waals surface area contributed by atoms with Gasteiger partial charge in [-0.05, 0) is 54.6 Å². The van der Waals surface area contributed by atoms with Crippen LogP contribution < -0.4 is 5.43 Å². The highest BCUT2D eigenvalue weighted by Gasteiger charge is 2.26. The second-order valence-corrected chi connectivity index (χ2v) is 17.2. The standard InChI is InChI=1S/C24H23ClN4O17S5/c25-7-9-48(34,35)16-4-1-14(2-5-16)23(28-26-19-11-15(47-46-45-33)3-6-18(19)24(31)32)29-27-20-12-17(13-21(22(20)30)50(38,39)40)49(36,37)10-8-44-51(41,42)43/h1-6,11-13,27,30,33H,7-10H2,(H,31,32)(H,38,39,40)(H,41,42,43). The number of hydrazone groups is 1. The van der Waals surface area contributed by atoms with Crippen LogP contribution in [0.5, 0.6) is 5.75 Å². The third-order valence-corrected chi connectivity index (χ3v) is 11.7. The number of carboxylic acid groups (broad SMARTS) is 1. The lowest BCUT2D eigenvalue weighted by molar-refractivity contribution is -0.432. The van der Waals surface area contributed by atoms with Crippen molar-refractivity contribution in [1.29, 1.82) is 0 Å². The van der Waals surface area contributed by atoms with Crippen LogP contribution in [0.2, 0.25) is 0 Å². The van der Waals surface area contributed by atoms with E-state index < -0.39 is 96.9 Å². The zero-order valence-corrected chi connectivity index (χ0v) is 29.8. The molecule has 0 unspecified atom stereocenters. The lowest BCUT2D eigenvalue weighted by atomic mass is 10.2. The van der Waals surface area contributed by atoms with Crippen LogP contribution in [-0.4, -0.2) is 94.0 Å². The van der Waals surface area contributed by atoms with Crippen molar-refractivity contribution in [2.45, 2.75) is 19.6 Å². The van der Waals surface area contributed by atoms with Crippen molar-refractivity contribution in [3.8, 4) is 5.75 Å². The van der Waals surface area contributed by atoms with E-state index in [9.17, 15) is 53.2 Å². The molecule has 0 radical (unpaired) electrons. The third kappa shape index (κ3) is 11.9. The molecule has 51 heavy (non-hydrogen) atoms. The van der Waals surface area contributed by atoms with Crippen molar-refractivity contribution >= 4 is 87.0 Å². The van der Waals surface area contributed by atoms with Gasteiger partial charge in [-0.1, -0.05) is 5.04 Å². The normalized spacial score (nSPS) is 13.1. The lowest BCUT2D eigenvalue weighted by Gasteiger charge is -2.12. The number of carboxylic acids is 1. The van der Waals surface area contributed by atoms with Gasteiger partial charge in [0.25, 0.3) is 10.1 Å². The maximum absolute atomic E-state index is 12.9. The van der Waals surface area contributed by atoms with Gasteiger partial charge in [-0.15, -0.1) is 26.2 Å². The van der Waals surface area contributed by atoms with E-state index in [1.807, 2.05) is 0 Å². The highest BCUT2D eigenvalue weighted by atomic mass is 35.5. The van der Waals surface area contributed by atoms with Gasteiger partial charge in [0.1, 0.15) is 16.3 Å². The molecule has 0 atom stereocenters. The minimum absolute atomic E-state index is 0.0453. The van der Waals surface area contributed by atoms with Crippen LogP contribution in [0, 0.1) is 0 Å². The predicted octanol–water partition coefficient (Wildman–Crippen LogP) is 2.93. The minimum Gasteiger partial charge on any atom is -0.504 e. The number of benzene rings is 3. The van der Waals surface area contributed by atoms with Crippen LogP contribution in [0.4, 0.5) is 11.4 Å². The molecule has 0 aromatic heterocycles. The molecule has 0 saturated heterocycles. The number of phenolic OH excluding ortho intramolecular Hbond substituents is 1. The number of nitrogens with one attached hydrogen (secondary N) is 1. The molecule has 3 aromatic carbocycles. The number of phenols is 1. The summed E-state index contributed by atoms with van der Waals surface area (Å²) in [5, 5.41) is 43.8. The number of nitrogens with zero attached hydrogens (tertiary/aromatic N) is 3. The summed E-state index contributed by atoms with van der Waals surface area (Å²) >= 11 is 6.01. The molecule has 0 aliphatic rings. The summed E-state index contributed by atoms with van der Waals surface area (Å²) in [6.45, 7) is -1.12. The average molecular weight is 835 g/mol. The molecule has 0 aliphatic heterocycles. The first-order valence-corrected chi connectivity index (χ1v) is 20.4. The lowest BCUT2D eigenvalue weighted by Crippen LogP contribution is -2.16. The van der Waals surface area contributed by atoms with Crippen molar-refractivity contribution < 1.29 is 76.6 Å². The highest BCUT2D eigenvalue weighted by molar-refractivity contribution is 7.94. The smallest absolute Gasteiger partial charge is 0.397 e. The number of alkyl halides is 1. The molecule has 0 aliphatic carbocycles. The molecular formula is C24H23ClN4O17S5. The summed E-state index contributed by atoms with van der Waals surface area (Å²) in [4.78, 5) is 9.54. The van der Waals surface area contributed by atoms with E-state index >= 15 is 0 Å².